The van der Waals surface area contributed by atoms with Crippen LogP contribution in [0, 0.1) is 6.92 Å². The van der Waals surface area contributed by atoms with Gasteiger partial charge in [0.05, 0.1) is 5.56 Å². The number of amides is 1. The minimum absolute atomic E-state index is 0.0137. The molecule has 0 saturated heterocycles. The molecule has 1 amide bonds. The number of benzene rings is 2. The van der Waals surface area contributed by atoms with Gasteiger partial charge in [-0.15, -0.1) is 11.8 Å². The first-order valence-corrected chi connectivity index (χ1v) is 8.03. The van der Waals surface area contributed by atoms with Crippen LogP contribution in [0.1, 0.15) is 35.3 Å². The van der Waals surface area contributed by atoms with Crippen LogP contribution in [-0.2, 0) is 6.54 Å². The third-order valence-electron chi connectivity index (χ3n) is 3.03. The van der Waals surface area contributed by atoms with Crippen molar-refractivity contribution in [2.45, 2.75) is 37.5 Å². The van der Waals surface area contributed by atoms with Crippen LogP contribution in [0.2, 0.25) is 0 Å². The average Bonchev–Trinajstić information content (AvgIpc) is 2.45. The lowest BCUT2D eigenvalue weighted by atomic mass is 10.1. The highest BCUT2D eigenvalue weighted by molar-refractivity contribution is 8.00. The maximum atomic E-state index is 12.4. The molecule has 0 aromatic heterocycles. The lowest BCUT2D eigenvalue weighted by Crippen LogP contribution is -2.23. The smallest absolute Gasteiger partial charge is 0.252 e. The Morgan fingerprint density at radius 3 is 2.62 bits per heavy atom. The second-order valence-electron chi connectivity index (χ2n) is 5.33. The van der Waals surface area contributed by atoms with Gasteiger partial charge in [-0.2, -0.15) is 0 Å². The standard InChI is InChI=1S/C18H21NOS/c1-13(2)21-17-10-5-4-9-16(17)18(20)19-12-15-8-6-7-14(3)11-15/h4-11,13H,12H2,1-3H3,(H,19,20). The van der Waals surface area contributed by atoms with Crippen LogP contribution in [0.25, 0.3) is 0 Å². The Labute approximate surface area is 131 Å². The molecular formula is C18H21NOS. The summed E-state index contributed by atoms with van der Waals surface area (Å²) in [6.45, 7) is 6.87. The molecule has 110 valence electrons. The topological polar surface area (TPSA) is 29.1 Å². The van der Waals surface area contributed by atoms with E-state index in [1.165, 1.54) is 5.56 Å². The van der Waals surface area contributed by atoms with Gasteiger partial charge in [-0.25, -0.2) is 0 Å². The van der Waals surface area contributed by atoms with Crippen LogP contribution in [-0.4, -0.2) is 11.2 Å². The van der Waals surface area contributed by atoms with Gasteiger partial charge in [0.25, 0.3) is 5.91 Å². The van der Waals surface area contributed by atoms with Gasteiger partial charge in [-0.1, -0.05) is 55.8 Å². The van der Waals surface area contributed by atoms with E-state index in [1.54, 1.807) is 11.8 Å². The first-order chi connectivity index (χ1) is 10.1. The third-order valence-corrected chi connectivity index (χ3v) is 4.11. The molecular weight excluding hydrogens is 278 g/mol. The van der Waals surface area contributed by atoms with E-state index in [-0.39, 0.29) is 5.91 Å². The van der Waals surface area contributed by atoms with Crippen LogP contribution in [0.4, 0.5) is 0 Å². The molecule has 0 spiro atoms. The van der Waals surface area contributed by atoms with E-state index in [9.17, 15) is 4.79 Å². The summed E-state index contributed by atoms with van der Waals surface area (Å²) < 4.78 is 0. The Kier molecular flexibility index (Phi) is 5.45. The number of thioether (sulfide) groups is 1. The molecule has 0 aliphatic heterocycles. The second kappa shape index (κ2) is 7.32. The summed E-state index contributed by atoms with van der Waals surface area (Å²) in [5.41, 5.74) is 3.08. The number of carbonyl (C=O) groups is 1. The van der Waals surface area contributed by atoms with Crippen molar-refractivity contribution in [1.29, 1.82) is 0 Å². The molecule has 0 radical (unpaired) electrons. The zero-order valence-corrected chi connectivity index (χ0v) is 13.5. The number of rotatable bonds is 5. The van der Waals surface area contributed by atoms with Gasteiger partial charge < -0.3 is 5.32 Å². The summed E-state index contributed by atoms with van der Waals surface area (Å²) in [5, 5.41) is 3.46. The summed E-state index contributed by atoms with van der Waals surface area (Å²) in [4.78, 5) is 13.4. The van der Waals surface area contributed by atoms with Gasteiger partial charge in [0, 0.05) is 16.7 Å². The predicted octanol–water partition coefficient (Wildman–Crippen LogP) is 4.43. The van der Waals surface area contributed by atoms with Gasteiger partial charge in [0.1, 0.15) is 0 Å². The van der Waals surface area contributed by atoms with Gasteiger partial charge in [0.2, 0.25) is 0 Å². The van der Waals surface area contributed by atoms with Crippen molar-refractivity contribution >= 4 is 17.7 Å². The Balaban J connectivity index is 2.07. The lowest BCUT2D eigenvalue weighted by Gasteiger charge is -2.11. The van der Waals surface area contributed by atoms with Crippen molar-refractivity contribution in [3.8, 4) is 0 Å². The third kappa shape index (κ3) is 4.64. The van der Waals surface area contributed by atoms with E-state index in [4.69, 9.17) is 0 Å². The Morgan fingerprint density at radius 2 is 1.90 bits per heavy atom. The largest absolute Gasteiger partial charge is 0.348 e. The Hall–Kier alpha value is -1.74. The molecule has 0 aliphatic carbocycles. The summed E-state index contributed by atoms with van der Waals surface area (Å²) in [6, 6.07) is 16.0. The van der Waals surface area contributed by atoms with Gasteiger partial charge in [-0.3, -0.25) is 4.79 Å². The van der Waals surface area contributed by atoms with Crippen molar-refractivity contribution in [2.75, 3.05) is 0 Å². The molecule has 21 heavy (non-hydrogen) atoms. The first-order valence-electron chi connectivity index (χ1n) is 7.15. The number of hydrogen-bond acceptors (Lipinski definition) is 2. The molecule has 0 unspecified atom stereocenters. The lowest BCUT2D eigenvalue weighted by molar-refractivity contribution is 0.0948. The molecule has 0 heterocycles. The van der Waals surface area contributed by atoms with E-state index in [0.717, 1.165) is 16.0 Å². The van der Waals surface area contributed by atoms with E-state index in [1.807, 2.05) is 36.4 Å². The summed E-state index contributed by atoms with van der Waals surface area (Å²) in [5.74, 6) is -0.0137. The number of nitrogens with one attached hydrogen (secondary N) is 1. The molecule has 0 bridgehead atoms. The van der Waals surface area contributed by atoms with Crippen molar-refractivity contribution in [2.24, 2.45) is 0 Å². The molecule has 2 aromatic carbocycles. The Morgan fingerprint density at radius 1 is 1.14 bits per heavy atom. The van der Waals surface area contributed by atoms with Gasteiger partial charge in [0.15, 0.2) is 0 Å². The molecule has 0 saturated carbocycles. The summed E-state index contributed by atoms with van der Waals surface area (Å²) >= 11 is 1.72. The fraction of sp³-hybridized carbons (Fsp3) is 0.278. The van der Waals surface area contributed by atoms with Crippen molar-refractivity contribution in [1.82, 2.24) is 5.32 Å². The van der Waals surface area contributed by atoms with Crippen LogP contribution in [0.5, 0.6) is 0 Å². The van der Waals surface area contributed by atoms with Crippen molar-refractivity contribution in [3.63, 3.8) is 0 Å². The maximum absolute atomic E-state index is 12.4. The average molecular weight is 299 g/mol. The minimum atomic E-state index is -0.0137. The van der Waals surface area contributed by atoms with Crippen LogP contribution >= 0.6 is 11.8 Å². The second-order valence-corrected chi connectivity index (χ2v) is 6.95. The van der Waals surface area contributed by atoms with Gasteiger partial charge in [-0.05, 0) is 24.6 Å². The van der Waals surface area contributed by atoms with Crippen LogP contribution in [0.15, 0.2) is 53.4 Å². The molecule has 0 atom stereocenters. The molecule has 1 N–H and O–H groups in total. The highest BCUT2D eigenvalue weighted by Crippen LogP contribution is 2.26. The molecule has 0 fully saturated rings. The highest BCUT2D eigenvalue weighted by atomic mass is 32.2. The fourth-order valence-electron chi connectivity index (χ4n) is 2.11. The number of carbonyl (C=O) groups excluding carboxylic acids is 1. The first kappa shape index (κ1) is 15.6. The molecule has 2 rings (SSSR count). The molecule has 3 heteroatoms. The zero-order valence-electron chi connectivity index (χ0n) is 12.7. The van der Waals surface area contributed by atoms with Gasteiger partial charge >= 0.3 is 0 Å². The quantitative estimate of drug-likeness (QED) is 0.828. The fourth-order valence-corrected chi connectivity index (χ4v) is 3.06. The van der Waals surface area contributed by atoms with Crippen molar-refractivity contribution in [3.05, 3.63) is 65.2 Å². The highest BCUT2D eigenvalue weighted by Gasteiger charge is 2.12. The van der Waals surface area contributed by atoms with E-state index in [2.05, 4.69) is 38.2 Å². The summed E-state index contributed by atoms with van der Waals surface area (Å²) in [6.07, 6.45) is 0. The molecule has 2 nitrogen and oxygen atoms in total. The van der Waals surface area contributed by atoms with E-state index >= 15 is 0 Å². The number of aryl methyl sites for hydroxylation is 1. The van der Waals surface area contributed by atoms with Crippen molar-refractivity contribution < 1.29 is 4.79 Å². The predicted molar refractivity (Wildman–Crippen MR) is 89.8 cm³/mol. The van der Waals surface area contributed by atoms with Crippen LogP contribution in [0.3, 0.4) is 0 Å². The monoisotopic (exact) mass is 299 g/mol. The van der Waals surface area contributed by atoms with Crippen LogP contribution < -0.4 is 5.32 Å². The maximum Gasteiger partial charge on any atom is 0.252 e. The zero-order chi connectivity index (χ0) is 15.2. The normalized spacial score (nSPS) is 10.7. The summed E-state index contributed by atoms with van der Waals surface area (Å²) in [7, 11) is 0. The number of hydrogen-bond donors (Lipinski definition) is 1. The minimum Gasteiger partial charge on any atom is -0.348 e. The molecule has 0 aliphatic rings. The SMILES string of the molecule is Cc1cccc(CNC(=O)c2ccccc2SC(C)C)c1. The van der Waals surface area contributed by atoms with E-state index in [0.29, 0.717) is 11.8 Å². The van der Waals surface area contributed by atoms with E-state index < -0.39 is 0 Å². The molecule has 2 aromatic rings. The Bertz CT molecular complexity index is 622.